The molecule has 56 heavy (non-hydrogen) atoms. The number of rotatable bonds is 18. The third-order valence-electron chi connectivity index (χ3n) is 10.5. The molecule has 1 saturated heterocycles. The van der Waals surface area contributed by atoms with Crippen molar-refractivity contribution in [2.45, 2.75) is 51.7 Å². The first kappa shape index (κ1) is 40.1. The second-order valence-electron chi connectivity index (χ2n) is 14.1. The maximum absolute atomic E-state index is 6.03. The van der Waals surface area contributed by atoms with Crippen LogP contribution in [0.1, 0.15) is 43.7 Å². The van der Waals surface area contributed by atoms with Crippen LogP contribution in [0.3, 0.4) is 0 Å². The molecular weight excluding hydrogens is 705 g/mol. The van der Waals surface area contributed by atoms with Gasteiger partial charge in [0.05, 0.1) is 49.3 Å². The Morgan fingerprint density at radius 1 is 0.571 bits per heavy atom. The van der Waals surface area contributed by atoms with Gasteiger partial charge < -0.3 is 38.1 Å². The van der Waals surface area contributed by atoms with Crippen LogP contribution in [-0.4, -0.2) is 73.3 Å². The number of unbranched alkanes of at least 4 members (excludes halogenated alkanes) is 1. The van der Waals surface area contributed by atoms with E-state index in [0.29, 0.717) is 40.5 Å². The molecule has 9 heteroatoms. The highest BCUT2D eigenvalue weighted by Gasteiger charge is 2.26. The summed E-state index contributed by atoms with van der Waals surface area (Å²) in [5, 5.41) is 0. The lowest BCUT2D eigenvalue weighted by Gasteiger charge is -2.40. The topological polar surface area (TPSA) is 71.1 Å². The van der Waals surface area contributed by atoms with E-state index in [-0.39, 0.29) is 0 Å². The van der Waals surface area contributed by atoms with E-state index in [9.17, 15) is 0 Å². The average molecular weight is 761 g/mol. The molecule has 5 aromatic rings. The zero-order valence-corrected chi connectivity index (χ0v) is 33.9. The fraction of sp³-hybridized carbons (Fsp3) is 0.362. The Morgan fingerprint density at radius 2 is 1.07 bits per heavy atom. The van der Waals surface area contributed by atoms with Gasteiger partial charge in [0.1, 0.15) is 5.75 Å². The Morgan fingerprint density at radius 3 is 1.55 bits per heavy atom. The van der Waals surface area contributed by atoms with Crippen LogP contribution < -0.4 is 38.1 Å². The number of likely N-dealkylation sites (tertiary alicyclic amines) is 1. The number of benzene rings is 5. The third kappa shape index (κ3) is 9.45. The predicted molar refractivity (Wildman–Crippen MR) is 224 cm³/mol. The van der Waals surface area contributed by atoms with Gasteiger partial charge in [-0.05, 0) is 113 Å². The highest BCUT2D eigenvalue weighted by Crippen LogP contribution is 2.43. The van der Waals surface area contributed by atoms with E-state index in [1.165, 1.54) is 16.8 Å². The summed E-state index contributed by atoms with van der Waals surface area (Å²) < 4.78 is 39.8. The van der Waals surface area contributed by atoms with Crippen LogP contribution in [0.4, 0.5) is 5.69 Å². The van der Waals surface area contributed by atoms with Crippen molar-refractivity contribution < 1.29 is 33.2 Å². The molecular formula is C47H56N2O7. The van der Waals surface area contributed by atoms with Gasteiger partial charge in [0.15, 0.2) is 23.0 Å². The van der Waals surface area contributed by atoms with Crippen LogP contribution in [0.25, 0.3) is 22.3 Å². The molecule has 9 nitrogen and oxygen atoms in total. The molecule has 0 radical (unpaired) electrons. The van der Waals surface area contributed by atoms with Crippen molar-refractivity contribution in [2.24, 2.45) is 0 Å². The van der Waals surface area contributed by atoms with Crippen molar-refractivity contribution in [1.29, 1.82) is 0 Å². The van der Waals surface area contributed by atoms with Crippen LogP contribution in [-0.2, 0) is 13.1 Å². The minimum absolute atomic E-state index is 0.369. The van der Waals surface area contributed by atoms with Crippen molar-refractivity contribution in [3.8, 4) is 62.5 Å². The van der Waals surface area contributed by atoms with Gasteiger partial charge in [0.2, 0.25) is 11.5 Å². The lowest BCUT2D eigenvalue weighted by Crippen LogP contribution is -2.44. The van der Waals surface area contributed by atoms with Crippen LogP contribution in [0, 0.1) is 0 Å². The van der Waals surface area contributed by atoms with Crippen LogP contribution in [0.15, 0.2) is 97.1 Å². The normalized spacial score (nSPS) is 13.2. The van der Waals surface area contributed by atoms with E-state index < -0.39 is 0 Å². The lowest BCUT2D eigenvalue weighted by atomic mass is 9.98. The smallest absolute Gasteiger partial charge is 0.203 e. The van der Waals surface area contributed by atoms with Crippen molar-refractivity contribution in [3.05, 3.63) is 108 Å². The number of hydrogen-bond acceptors (Lipinski definition) is 9. The van der Waals surface area contributed by atoms with E-state index in [0.717, 1.165) is 86.5 Å². The largest absolute Gasteiger partial charge is 0.494 e. The van der Waals surface area contributed by atoms with Crippen molar-refractivity contribution >= 4 is 5.69 Å². The quantitative estimate of drug-likeness (QED) is 0.0812. The summed E-state index contributed by atoms with van der Waals surface area (Å²) in [6.07, 6.45) is 4.25. The summed E-state index contributed by atoms with van der Waals surface area (Å²) in [6, 6.07) is 34.5. The summed E-state index contributed by atoms with van der Waals surface area (Å²) in [4.78, 5) is 5.14. The standard InChI is InChI=1S/C47H56N2O7/c1-8-9-24-56-41-18-16-39(17-19-41)49(32-34-13-11-15-36(26-34)38-29-44(52-4)47(55-7)45(30-38)53-5)40-20-22-48(23-21-40)31-33-12-10-14-35(25-33)37-27-42(50-2)46(54-6)43(28-37)51-3/h10-19,25-30,40H,8-9,20-24,31-32H2,1-7H3. The fourth-order valence-electron chi connectivity index (χ4n) is 7.54. The van der Waals surface area contributed by atoms with Gasteiger partial charge in [-0.15, -0.1) is 0 Å². The van der Waals surface area contributed by atoms with Gasteiger partial charge in [0.25, 0.3) is 0 Å². The summed E-state index contributed by atoms with van der Waals surface area (Å²) in [6.45, 7) is 6.57. The van der Waals surface area contributed by atoms with E-state index in [2.05, 4.69) is 89.5 Å². The van der Waals surface area contributed by atoms with Gasteiger partial charge in [-0.25, -0.2) is 0 Å². The molecule has 1 aliphatic rings. The first-order valence-corrected chi connectivity index (χ1v) is 19.4. The molecule has 6 rings (SSSR count). The zero-order chi connectivity index (χ0) is 39.4. The van der Waals surface area contributed by atoms with Gasteiger partial charge >= 0.3 is 0 Å². The maximum Gasteiger partial charge on any atom is 0.203 e. The molecule has 0 aromatic heterocycles. The molecule has 5 aromatic carbocycles. The van der Waals surface area contributed by atoms with Crippen LogP contribution >= 0.6 is 0 Å². The third-order valence-corrected chi connectivity index (χ3v) is 10.5. The Labute approximate surface area is 332 Å². The molecule has 0 saturated carbocycles. The number of anilines is 1. The van der Waals surface area contributed by atoms with Crippen molar-refractivity contribution in [3.63, 3.8) is 0 Å². The fourth-order valence-corrected chi connectivity index (χ4v) is 7.54. The predicted octanol–water partition coefficient (Wildman–Crippen LogP) is 9.92. The second kappa shape index (κ2) is 19.4. The van der Waals surface area contributed by atoms with E-state index in [1.54, 1.807) is 42.7 Å². The highest BCUT2D eigenvalue weighted by atomic mass is 16.5. The molecule has 0 bridgehead atoms. The summed E-state index contributed by atoms with van der Waals surface area (Å²) in [7, 11) is 9.84. The molecule has 0 N–H and O–H groups in total. The van der Waals surface area contributed by atoms with E-state index in [4.69, 9.17) is 33.2 Å². The average Bonchev–Trinajstić information content (AvgIpc) is 3.25. The second-order valence-corrected chi connectivity index (χ2v) is 14.1. The summed E-state index contributed by atoms with van der Waals surface area (Å²) in [5.74, 6) is 4.64. The summed E-state index contributed by atoms with van der Waals surface area (Å²) in [5.41, 5.74) is 7.92. The highest BCUT2D eigenvalue weighted by molar-refractivity contribution is 5.73. The SMILES string of the molecule is CCCCOc1ccc(N(Cc2cccc(-c3cc(OC)c(OC)c(OC)c3)c2)C2CCN(Cc3cccc(-c4cc(OC)c(OC)c(OC)c4)c3)CC2)cc1. The first-order valence-electron chi connectivity index (χ1n) is 19.4. The summed E-state index contributed by atoms with van der Waals surface area (Å²) >= 11 is 0. The number of hydrogen-bond donors (Lipinski definition) is 0. The number of ether oxygens (including phenoxy) is 7. The molecule has 0 aliphatic carbocycles. The van der Waals surface area contributed by atoms with Gasteiger partial charge in [-0.2, -0.15) is 0 Å². The molecule has 296 valence electrons. The number of methoxy groups -OCH3 is 6. The molecule has 0 spiro atoms. The van der Waals surface area contributed by atoms with Gasteiger partial charge in [-0.1, -0.05) is 49.7 Å². The zero-order valence-electron chi connectivity index (χ0n) is 33.9. The van der Waals surface area contributed by atoms with E-state index in [1.807, 2.05) is 24.3 Å². The molecule has 1 aliphatic heterocycles. The molecule has 1 heterocycles. The Balaban J connectivity index is 1.20. The Bertz CT molecular complexity index is 1970. The lowest BCUT2D eigenvalue weighted by molar-refractivity contribution is 0.201. The van der Waals surface area contributed by atoms with Crippen LogP contribution in [0.2, 0.25) is 0 Å². The van der Waals surface area contributed by atoms with Gasteiger partial charge in [-0.3, -0.25) is 4.90 Å². The molecule has 1 fully saturated rings. The monoisotopic (exact) mass is 760 g/mol. The van der Waals surface area contributed by atoms with Crippen LogP contribution in [0.5, 0.6) is 40.2 Å². The maximum atomic E-state index is 6.03. The number of piperidine rings is 1. The first-order chi connectivity index (χ1) is 27.4. The molecule has 0 unspecified atom stereocenters. The minimum atomic E-state index is 0.369. The van der Waals surface area contributed by atoms with E-state index >= 15 is 0 Å². The Kier molecular flexibility index (Phi) is 13.9. The minimum Gasteiger partial charge on any atom is -0.494 e. The number of nitrogens with zero attached hydrogens (tertiary/aromatic N) is 2. The van der Waals surface area contributed by atoms with Gasteiger partial charge in [0, 0.05) is 37.9 Å². The molecule has 0 amide bonds. The van der Waals surface area contributed by atoms with Crippen molar-refractivity contribution in [1.82, 2.24) is 4.90 Å². The van der Waals surface area contributed by atoms with Crippen molar-refractivity contribution in [2.75, 3.05) is 67.3 Å². The molecule has 0 atom stereocenters. The Hall–Kier alpha value is -5.54.